The highest BCUT2D eigenvalue weighted by Gasteiger charge is 2.17. The number of aromatic carboxylic acids is 1. The fraction of sp³-hybridized carbons (Fsp3) is 0.200. The van der Waals surface area contributed by atoms with Crippen LogP contribution >= 0.6 is 0 Å². The zero-order chi connectivity index (χ0) is 9.97. The fourth-order valence-electron chi connectivity index (χ4n) is 1.35. The van der Waals surface area contributed by atoms with Crippen LogP contribution in [0.5, 0.6) is 0 Å². The summed E-state index contributed by atoms with van der Waals surface area (Å²) >= 11 is 0. The first-order chi connectivity index (χ1) is 6.79. The van der Waals surface area contributed by atoms with Crippen molar-refractivity contribution in [1.82, 2.24) is 0 Å². The Balaban J connectivity index is 2.46. The van der Waals surface area contributed by atoms with E-state index < -0.39 is 5.97 Å². The largest absolute Gasteiger partial charge is 0.478 e. The zero-order valence-electron chi connectivity index (χ0n) is 7.43. The van der Waals surface area contributed by atoms with Gasteiger partial charge in [-0.15, -0.1) is 0 Å². The maximum Gasteiger partial charge on any atom is 0.336 e. The van der Waals surface area contributed by atoms with Gasteiger partial charge in [-0.1, -0.05) is 12.1 Å². The van der Waals surface area contributed by atoms with Crippen molar-refractivity contribution in [3.8, 4) is 0 Å². The SMILES string of the molecule is O=C(O)c1ccccc1C1=NCCO1. The number of hydrogen-bond acceptors (Lipinski definition) is 3. The average molecular weight is 191 g/mol. The van der Waals surface area contributed by atoms with E-state index in [1.807, 2.05) is 0 Å². The minimum absolute atomic E-state index is 0.230. The van der Waals surface area contributed by atoms with Crippen molar-refractivity contribution in [1.29, 1.82) is 0 Å². The Labute approximate surface area is 80.8 Å². The lowest BCUT2D eigenvalue weighted by atomic mass is 10.1. The maximum atomic E-state index is 10.9. The first-order valence-electron chi connectivity index (χ1n) is 4.29. The fourth-order valence-corrected chi connectivity index (χ4v) is 1.35. The molecule has 0 atom stereocenters. The van der Waals surface area contributed by atoms with Gasteiger partial charge in [0.15, 0.2) is 0 Å². The monoisotopic (exact) mass is 191 g/mol. The normalized spacial score (nSPS) is 14.7. The number of nitrogens with zero attached hydrogens (tertiary/aromatic N) is 1. The molecular weight excluding hydrogens is 182 g/mol. The van der Waals surface area contributed by atoms with Gasteiger partial charge in [-0.25, -0.2) is 9.79 Å². The van der Waals surface area contributed by atoms with E-state index in [0.717, 1.165) is 0 Å². The number of carbonyl (C=O) groups is 1. The molecular formula is C10H9NO3. The lowest BCUT2D eigenvalue weighted by Gasteiger charge is -2.04. The Bertz CT molecular complexity index is 398. The van der Waals surface area contributed by atoms with Crippen LogP contribution in [-0.2, 0) is 4.74 Å². The number of ether oxygens (including phenoxy) is 1. The quantitative estimate of drug-likeness (QED) is 0.763. The van der Waals surface area contributed by atoms with Crippen LogP contribution in [0.25, 0.3) is 0 Å². The highest BCUT2D eigenvalue weighted by atomic mass is 16.5. The number of carboxylic acids is 1. The lowest BCUT2D eigenvalue weighted by molar-refractivity contribution is 0.0696. The predicted molar refractivity (Wildman–Crippen MR) is 50.8 cm³/mol. The van der Waals surface area contributed by atoms with Gasteiger partial charge >= 0.3 is 5.97 Å². The molecule has 1 aliphatic heterocycles. The molecule has 0 unspecified atom stereocenters. The summed E-state index contributed by atoms with van der Waals surface area (Å²) in [5.74, 6) is -0.526. The van der Waals surface area contributed by atoms with Crippen LogP contribution in [0.2, 0.25) is 0 Å². The molecule has 4 nitrogen and oxygen atoms in total. The van der Waals surface area contributed by atoms with E-state index in [4.69, 9.17) is 9.84 Å². The van der Waals surface area contributed by atoms with E-state index in [1.165, 1.54) is 0 Å². The second-order valence-corrected chi connectivity index (χ2v) is 2.89. The van der Waals surface area contributed by atoms with Crippen molar-refractivity contribution in [2.45, 2.75) is 0 Å². The number of carboxylic acid groups (broad SMARTS) is 1. The lowest BCUT2D eigenvalue weighted by Crippen LogP contribution is -2.09. The standard InChI is InChI=1S/C10H9NO3/c12-10(13)8-4-2-1-3-7(8)9-11-5-6-14-9/h1-4H,5-6H2,(H,12,13). The van der Waals surface area contributed by atoms with Gasteiger partial charge in [-0.3, -0.25) is 0 Å². The Morgan fingerprint density at radius 1 is 1.43 bits per heavy atom. The Hall–Kier alpha value is -1.84. The number of aliphatic imine (C=N–C) groups is 1. The van der Waals surface area contributed by atoms with Crippen molar-refractivity contribution in [2.75, 3.05) is 13.2 Å². The van der Waals surface area contributed by atoms with Gasteiger partial charge in [0, 0.05) is 0 Å². The molecule has 2 rings (SSSR count). The highest BCUT2D eigenvalue weighted by Crippen LogP contribution is 2.13. The Morgan fingerprint density at radius 3 is 2.86 bits per heavy atom. The molecule has 1 aromatic rings. The molecule has 0 radical (unpaired) electrons. The molecule has 4 heteroatoms. The number of benzene rings is 1. The molecule has 0 fully saturated rings. The summed E-state index contributed by atoms with van der Waals surface area (Å²) in [5.41, 5.74) is 0.783. The van der Waals surface area contributed by atoms with Crippen LogP contribution in [0.3, 0.4) is 0 Å². The summed E-state index contributed by atoms with van der Waals surface area (Å²) in [7, 11) is 0. The third kappa shape index (κ3) is 1.46. The molecule has 1 heterocycles. The molecule has 0 saturated carbocycles. The van der Waals surface area contributed by atoms with Crippen LogP contribution in [0.4, 0.5) is 0 Å². The smallest absolute Gasteiger partial charge is 0.336 e. The van der Waals surface area contributed by atoms with Crippen molar-refractivity contribution in [3.63, 3.8) is 0 Å². The van der Waals surface area contributed by atoms with Crippen LogP contribution in [-0.4, -0.2) is 30.1 Å². The van der Waals surface area contributed by atoms with Crippen molar-refractivity contribution < 1.29 is 14.6 Å². The van der Waals surface area contributed by atoms with Gasteiger partial charge in [-0.2, -0.15) is 0 Å². The molecule has 0 bridgehead atoms. The summed E-state index contributed by atoms with van der Waals surface area (Å²) in [6.07, 6.45) is 0. The molecule has 0 aromatic heterocycles. The molecule has 0 saturated heterocycles. The van der Waals surface area contributed by atoms with Gasteiger partial charge in [0.2, 0.25) is 5.90 Å². The Kier molecular flexibility index (Phi) is 2.18. The van der Waals surface area contributed by atoms with Crippen molar-refractivity contribution >= 4 is 11.9 Å². The third-order valence-electron chi connectivity index (χ3n) is 1.97. The molecule has 1 aliphatic rings. The summed E-state index contributed by atoms with van der Waals surface area (Å²) in [6, 6.07) is 6.70. The minimum Gasteiger partial charge on any atom is -0.478 e. The Morgan fingerprint density at radius 2 is 2.21 bits per heavy atom. The summed E-state index contributed by atoms with van der Waals surface area (Å²) in [6.45, 7) is 1.13. The van der Waals surface area contributed by atoms with E-state index in [2.05, 4.69) is 4.99 Å². The number of rotatable bonds is 2. The summed E-state index contributed by atoms with van der Waals surface area (Å²) < 4.78 is 5.22. The maximum absolute atomic E-state index is 10.9. The molecule has 0 aliphatic carbocycles. The van der Waals surface area contributed by atoms with Crippen molar-refractivity contribution in [2.24, 2.45) is 4.99 Å². The molecule has 14 heavy (non-hydrogen) atoms. The first-order valence-corrected chi connectivity index (χ1v) is 4.29. The van der Waals surface area contributed by atoms with Crippen LogP contribution in [0.1, 0.15) is 15.9 Å². The zero-order valence-corrected chi connectivity index (χ0v) is 7.43. The van der Waals surface area contributed by atoms with Gasteiger partial charge in [0.05, 0.1) is 17.7 Å². The molecule has 0 amide bonds. The molecule has 1 N–H and O–H groups in total. The van der Waals surface area contributed by atoms with Crippen LogP contribution < -0.4 is 0 Å². The summed E-state index contributed by atoms with van der Waals surface area (Å²) in [4.78, 5) is 14.9. The molecule has 72 valence electrons. The average Bonchev–Trinajstić information content (AvgIpc) is 2.70. The molecule has 0 spiro atoms. The first kappa shape index (κ1) is 8.74. The predicted octanol–water partition coefficient (Wildman–Crippen LogP) is 1.16. The topological polar surface area (TPSA) is 58.9 Å². The van der Waals surface area contributed by atoms with E-state index in [1.54, 1.807) is 24.3 Å². The summed E-state index contributed by atoms with van der Waals surface area (Å²) in [5, 5.41) is 8.92. The number of hydrogen-bond donors (Lipinski definition) is 1. The van der Waals surface area contributed by atoms with E-state index in [-0.39, 0.29) is 5.56 Å². The van der Waals surface area contributed by atoms with Gasteiger partial charge < -0.3 is 9.84 Å². The second kappa shape index (κ2) is 3.49. The molecule has 1 aromatic carbocycles. The van der Waals surface area contributed by atoms with Gasteiger partial charge in [0.1, 0.15) is 6.61 Å². The van der Waals surface area contributed by atoms with E-state index in [0.29, 0.717) is 24.6 Å². The second-order valence-electron chi connectivity index (χ2n) is 2.89. The van der Waals surface area contributed by atoms with E-state index in [9.17, 15) is 4.79 Å². The van der Waals surface area contributed by atoms with Crippen LogP contribution in [0, 0.1) is 0 Å². The van der Waals surface area contributed by atoms with Gasteiger partial charge in [-0.05, 0) is 12.1 Å². The van der Waals surface area contributed by atoms with Crippen LogP contribution in [0.15, 0.2) is 29.3 Å². The highest BCUT2D eigenvalue weighted by molar-refractivity contribution is 6.05. The third-order valence-corrected chi connectivity index (χ3v) is 1.97. The van der Waals surface area contributed by atoms with E-state index >= 15 is 0 Å². The van der Waals surface area contributed by atoms with Crippen molar-refractivity contribution in [3.05, 3.63) is 35.4 Å². The van der Waals surface area contributed by atoms with Gasteiger partial charge in [0.25, 0.3) is 0 Å². The minimum atomic E-state index is -0.959.